The number of carbonyl (C=O) groups is 1. The lowest BCUT2D eigenvalue weighted by Gasteiger charge is -2.58. The van der Waals surface area contributed by atoms with Crippen LogP contribution in [0, 0.1) is 39.9 Å². The quantitative estimate of drug-likeness (QED) is 0.495. The number of primary amides is 1. The predicted molar refractivity (Wildman–Crippen MR) is 113 cm³/mol. The molecule has 4 saturated carbocycles. The van der Waals surface area contributed by atoms with Crippen molar-refractivity contribution in [3.05, 3.63) is 6.07 Å². The fourth-order valence-electron chi connectivity index (χ4n) is 6.00. The Bertz CT molecular complexity index is 831. The van der Waals surface area contributed by atoms with Gasteiger partial charge in [0.15, 0.2) is 11.3 Å². The summed E-state index contributed by atoms with van der Waals surface area (Å²) in [5, 5.41) is 9.71. The van der Waals surface area contributed by atoms with Crippen molar-refractivity contribution in [1.29, 1.82) is 5.26 Å². The third-order valence-corrected chi connectivity index (χ3v) is 7.41. The minimum absolute atomic E-state index is 0.186. The lowest BCUT2D eigenvalue weighted by atomic mass is 9.48. The number of amides is 1. The molecule has 5 rings (SSSR count). The Kier molecular flexibility index (Phi) is 5.60. The molecule has 1 atom stereocenters. The topological polar surface area (TPSA) is 111 Å². The van der Waals surface area contributed by atoms with Gasteiger partial charge in [-0.2, -0.15) is 15.2 Å². The number of ether oxygens (including phenoxy) is 2. The lowest BCUT2D eigenvalue weighted by Crippen LogP contribution is -2.57. The van der Waals surface area contributed by atoms with Crippen LogP contribution in [0.25, 0.3) is 0 Å². The van der Waals surface area contributed by atoms with Gasteiger partial charge < -0.3 is 15.2 Å². The molecule has 1 aromatic rings. The van der Waals surface area contributed by atoms with Crippen LogP contribution >= 0.6 is 11.8 Å². The summed E-state index contributed by atoms with van der Waals surface area (Å²) in [5.41, 5.74) is 5.04. The van der Waals surface area contributed by atoms with Gasteiger partial charge in [0.25, 0.3) is 5.91 Å². The Morgan fingerprint density at radius 3 is 2.33 bits per heavy atom. The molecule has 1 unspecified atom stereocenters. The summed E-state index contributed by atoms with van der Waals surface area (Å²) in [4.78, 5) is 21.3. The smallest absolute Gasteiger partial charge is 0.259 e. The van der Waals surface area contributed by atoms with E-state index in [9.17, 15) is 10.1 Å². The van der Waals surface area contributed by atoms with Crippen molar-refractivity contribution in [2.24, 2.45) is 34.3 Å². The third kappa shape index (κ3) is 4.22. The molecule has 1 heterocycles. The van der Waals surface area contributed by atoms with Gasteiger partial charge in [0, 0.05) is 5.41 Å². The molecule has 4 aliphatic carbocycles. The van der Waals surface area contributed by atoms with Gasteiger partial charge >= 0.3 is 0 Å². The summed E-state index contributed by atoms with van der Waals surface area (Å²) in [5.74, 6) is 2.26. The first-order valence-corrected chi connectivity index (χ1v) is 11.9. The molecule has 4 bridgehead atoms. The Balaban J connectivity index is 1.57. The highest BCUT2D eigenvalue weighted by Crippen LogP contribution is 2.61. The SMILES string of the molecule is CSc1nc(OCC(C)(C)C#N)cc(OC(C(N)=O)C23CC4CC(CC(C4)C2)C3)n1. The normalized spacial score (nSPS) is 30.5. The first-order chi connectivity index (χ1) is 14.2. The predicted octanol–water partition coefficient (Wildman–Crippen LogP) is 3.58. The van der Waals surface area contributed by atoms with Crippen LogP contribution < -0.4 is 15.2 Å². The second-order valence-corrected chi connectivity index (χ2v) is 10.8. The van der Waals surface area contributed by atoms with Gasteiger partial charge in [-0.1, -0.05) is 11.8 Å². The van der Waals surface area contributed by atoms with Crippen molar-refractivity contribution in [1.82, 2.24) is 9.97 Å². The molecule has 8 heteroatoms. The first kappa shape index (κ1) is 21.2. The maximum absolute atomic E-state index is 12.5. The molecule has 1 amide bonds. The highest BCUT2D eigenvalue weighted by Gasteiger charge is 2.56. The Morgan fingerprint density at radius 2 is 1.83 bits per heavy atom. The van der Waals surface area contributed by atoms with Gasteiger partial charge in [0.2, 0.25) is 11.8 Å². The minimum atomic E-state index is -0.695. The average Bonchev–Trinajstić information content (AvgIpc) is 2.69. The Morgan fingerprint density at radius 1 is 1.27 bits per heavy atom. The first-order valence-electron chi connectivity index (χ1n) is 10.6. The highest BCUT2D eigenvalue weighted by atomic mass is 32.2. The molecule has 0 saturated heterocycles. The van der Waals surface area contributed by atoms with E-state index in [2.05, 4.69) is 16.0 Å². The van der Waals surface area contributed by atoms with E-state index in [1.165, 1.54) is 31.0 Å². The van der Waals surface area contributed by atoms with Gasteiger partial charge in [-0.25, -0.2) is 0 Å². The van der Waals surface area contributed by atoms with E-state index >= 15 is 0 Å². The molecule has 30 heavy (non-hydrogen) atoms. The third-order valence-electron chi connectivity index (χ3n) is 6.86. The molecule has 4 fully saturated rings. The molecule has 4 aliphatic rings. The average molecular weight is 431 g/mol. The van der Waals surface area contributed by atoms with Crippen molar-refractivity contribution in [2.45, 2.75) is 63.6 Å². The van der Waals surface area contributed by atoms with E-state index in [0.29, 0.717) is 34.7 Å². The number of aromatic nitrogens is 2. The molecular weight excluding hydrogens is 400 g/mol. The molecule has 1 aromatic heterocycles. The second kappa shape index (κ2) is 7.92. The number of carbonyl (C=O) groups excluding carboxylic acids is 1. The number of hydrogen-bond donors (Lipinski definition) is 1. The summed E-state index contributed by atoms with van der Waals surface area (Å²) in [6.07, 6.45) is 8.03. The van der Waals surface area contributed by atoms with Crippen molar-refractivity contribution < 1.29 is 14.3 Å². The monoisotopic (exact) mass is 430 g/mol. The maximum atomic E-state index is 12.5. The van der Waals surface area contributed by atoms with Crippen molar-refractivity contribution >= 4 is 17.7 Å². The second-order valence-electron chi connectivity index (χ2n) is 10.00. The number of hydrogen-bond acceptors (Lipinski definition) is 7. The van der Waals surface area contributed by atoms with Gasteiger partial charge in [-0.15, -0.1) is 0 Å². The summed E-state index contributed by atoms with van der Waals surface area (Å²) in [6, 6.07) is 3.81. The molecule has 0 aliphatic heterocycles. The largest absolute Gasteiger partial charge is 0.476 e. The molecule has 0 aromatic carbocycles. The van der Waals surface area contributed by atoms with Gasteiger partial charge in [-0.05, 0) is 76.4 Å². The summed E-state index contributed by atoms with van der Waals surface area (Å²) in [7, 11) is 0. The fraction of sp³-hybridized carbons (Fsp3) is 0.727. The fourth-order valence-corrected chi connectivity index (χ4v) is 6.36. The number of nitrogens with zero attached hydrogens (tertiary/aromatic N) is 3. The van der Waals surface area contributed by atoms with Crippen LogP contribution in [0.3, 0.4) is 0 Å². The van der Waals surface area contributed by atoms with Gasteiger partial charge in [-0.3, -0.25) is 4.79 Å². The summed E-state index contributed by atoms with van der Waals surface area (Å²) < 4.78 is 12.0. The molecule has 2 N–H and O–H groups in total. The van der Waals surface area contributed by atoms with E-state index in [1.54, 1.807) is 19.9 Å². The molecule has 162 valence electrons. The molecule has 0 spiro atoms. The van der Waals surface area contributed by atoms with E-state index < -0.39 is 17.4 Å². The van der Waals surface area contributed by atoms with Crippen LogP contribution in [0.15, 0.2) is 11.2 Å². The van der Waals surface area contributed by atoms with Crippen LogP contribution in [0.4, 0.5) is 0 Å². The van der Waals surface area contributed by atoms with E-state index in [-0.39, 0.29) is 12.0 Å². The summed E-state index contributed by atoms with van der Waals surface area (Å²) >= 11 is 1.37. The van der Waals surface area contributed by atoms with E-state index in [4.69, 9.17) is 15.2 Å². The van der Waals surface area contributed by atoms with Gasteiger partial charge in [0.1, 0.15) is 6.61 Å². The lowest BCUT2D eigenvalue weighted by molar-refractivity contribution is -0.148. The number of nitriles is 1. The van der Waals surface area contributed by atoms with Crippen LogP contribution in [0.1, 0.15) is 52.4 Å². The maximum Gasteiger partial charge on any atom is 0.259 e. The van der Waals surface area contributed by atoms with E-state index in [0.717, 1.165) is 19.3 Å². The standard InChI is InChI=1S/C22H30N4O3S/c1-21(2,11-23)12-28-16-7-17(26-20(25-16)30-3)29-18(19(24)27)22-8-13-4-14(9-22)6-15(5-13)10-22/h7,13-15,18H,4-6,8-10,12H2,1-3H3,(H2,24,27). The van der Waals surface area contributed by atoms with Crippen molar-refractivity contribution in [3.63, 3.8) is 0 Å². The van der Waals surface area contributed by atoms with Crippen LogP contribution in [-0.2, 0) is 4.79 Å². The Labute approximate surface area is 182 Å². The number of nitrogens with two attached hydrogens (primary N) is 1. The van der Waals surface area contributed by atoms with Crippen molar-refractivity contribution in [3.8, 4) is 17.8 Å². The zero-order valence-electron chi connectivity index (χ0n) is 17.9. The number of thioether (sulfide) groups is 1. The van der Waals surface area contributed by atoms with Crippen LogP contribution in [0.2, 0.25) is 0 Å². The molecule has 0 radical (unpaired) electrons. The molecule has 7 nitrogen and oxygen atoms in total. The Hall–Kier alpha value is -2.01. The zero-order chi connectivity index (χ0) is 21.5. The highest BCUT2D eigenvalue weighted by molar-refractivity contribution is 7.98. The van der Waals surface area contributed by atoms with Gasteiger partial charge in [0.05, 0.1) is 17.6 Å². The minimum Gasteiger partial charge on any atom is -0.476 e. The van der Waals surface area contributed by atoms with E-state index in [1.807, 2.05) is 6.26 Å². The zero-order valence-corrected chi connectivity index (χ0v) is 18.7. The summed E-state index contributed by atoms with van der Waals surface area (Å²) in [6.45, 7) is 3.80. The van der Waals surface area contributed by atoms with Crippen LogP contribution in [0.5, 0.6) is 11.8 Å². The molecular formula is C22H30N4O3S. The number of rotatable bonds is 8. The van der Waals surface area contributed by atoms with Crippen LogP contribution in [-0.4, -0.2) is 34.8 Å². The van der Waals surface area contributed by atoms with Crippen molar-refractivity contribution in [2.75, 3.05) is 12.9 Å².